The molecule has 1 aromatic heterocycles. The van der Waals surface area contributed by atoms with Gasteiger partial charge in [0.25, 0.3) is 0 Å². The van der Waals surface area contributed by atoms with Crippen LogP contribution in [0.1, 0.15) is 115 Å². The summed E-state index contributed by atoms with van der Waals surface area (Å²) < 4.78 is 1.49. The molecule has 29 heavy (non-hydrogen) atoms. The minimum atomic E-state index is -1.04. The third-order valence-corrected chi connectivity index (χ3v) is 5.73. The van der Waals surface area contributed by atoms with Crippen molar-refractivity contribution in [1.82, 2.24) is 15.0 Å². The predicted octanol–water partition coefficient (Wildman–Crippen LogP) is 4.58. The molecule has 1 heterocycles. The van der Waals surface area contributed by atoms with Crippen molar-refractivity contribution in [2.45, 2.75) is 128 Å². The fourth-order valence-corrected chi connectivity index (χ4v) is 3.82. The van der Waals surface area contributed by atoms with Crippen LogP contribution >= 0.6 is 0 Å². The smallest absolute Gasteiger partial charge is 0.105 e. The number of nitrogens with zero attached hydrogens (tertiary/aromatic N) is 3. The number of hydrogen-bond donors (Lipinski definition) is 3. The lowest BCUT2D eigenvalue weighted by Crippen LogP contribution is -2.37. The molecule has 1 rings (SSSR count). The zero-order chi connectivity index (χ0) is 21.3. The van der Waals surface area contributed by atoms with Gasteiger partial charge in [-0.2, -0.15) is 0 Å². The third kappa shape index (κ3) is 11.1. The fraction of sp³-hybridized carbons (Fsp3) is 0.913. The maximum Gasteiger partial charge on any atom is 0.105 e. The van der Waals surface area contributed by atoms with Crippen molar-refractivity contribution >= 4 is 0 Å². The summed E-state index contributed by atoms with van der Waals surface area (Å²) in [6.45, 7) is 4.05. The number of aromatic nitrogens is 3. The summed E-state index contributed by atoms with van der Waals surface area (Å²) >= 11 is 0. The van der Waals surface area contributed by atoms with E-state index in [1.54, 1.807) is 6.20 Å². The average molecular weight is 412 g/mol. The van der Waals surface area contributed by atoms with Gasteiger partial charge in [0, 0.05) is 6.20 Å². The molecule has 0 saturated carbocycles. The molecule has 0 spiro atoms. The van der Waals surface area contributed by atoms with E-state index < -0.39 is 18.2 Å². The molecule has 0 aliphatic carbocycles. The van der Waals surface area contributed by atoms with Crippen LogP contribution < -0.4 is 0 Å². The van der Waals surface area contributed by atoms with Crippen LogP contribution in [0.5, 0.6) is 0 Å². The molecule has 0 fully saturated rings. The molecule has 0 aromatic carbocycles. The van der Waals surface area contributed by atoms with Gasteiger partial charge in [0.15, 0.2) is 0 Å². The number of aliphatic hydroxyl groups is 3. The molecule has 0 radical (unpaired) electrons. The highest BCUT2D eigenvalue weighted by Crippen LogP contribution is 2.19. The standard InChI is InChI=1S/C23H45N3O3/c1-3-5-6-7-8-9-10-11-12-13-14-15-17-22(28)23(29)21(19-27)26-18-20(16-4-2)24-25-26/h18,21-23,27-29H,3-17,19H2,1-2H3/t21-,22+,23-/m0/s1. The topological polar surface area (TPSA) is 91.4 Å². The van der Waals surface area contributed by atoms with Crippen molar-refractivity contribution in [1.29, 1.82) is 0 Å². The summed E-state index contributed by atoms with van der Waals surface area (Å²) in [5.41, 5.74) is 0.841. The molecule has 0 amide bonds. The normalized spacial score (nSPS) is 14.8. The minimum Gasteiger partial charge on any atom is -0.394 e. The Labute approximate surface area is 177 Å². The second-order valence-corrected chi connectivity index (χ2v) is 8.43. The molecule has 170 valence electrons. The SMILES string of the molecule is CCCCCCCCCCCCCC[C@@H](O)[C@@H](O)[C@H](CO)n1cc(CCC)nn1. The van der Waals surface area contributed by atoms with Gasteiger partial charge in [-0.15, -0.1) is 5.10 Å². The maximum absolute atomic E-state index is 10.4. The van der Waals surface area contributed by atoms with Crippen molar-refractivity contribution in [2.75, 3.05) is 6.61 Å². The van der Waals surface area contributed by atoms with Gasteiger partial charge >= 0.3 is 0 Å². The summed E-state index contributed by atoms with van der Waals surface area (Å²) in [5, 5.41) is 38.5. The fourth-order valence-electron chi connectivity index (χ4n) is 3.82. The molecular weight excluding hydrogens is 366 g/mol. The van der Waals surface area contributed by atoms with Gasteiger partial charge in [-0.05, 0) is 12.8 Å². The molecule has 0 bridgehead atoms. The number of aryl methyl sites for hydroxylation is 1. The Bertz CT molecular complexity index is 495. The van der Waals surface area contributed by atoms with Crippen LogP contribution in [0, 0.1) is 0 Å². The number of aliphatic hydroxyl groups excluding tert-OH is 3. The van der Waals surface area contributed by atoms with Crippen molar-refractivity contribution < 1.29 is 15.3 Å². The Morgan fingerprint density at radius 1 is 0.828 bits per heavy atom. The highest BCUT2D eigenvalue weighted by molar-refractivity contribution is 4.94. The van der Waals surface area contributed by atoms with E-state index >= 15 is 0 Å². The first-order valence-electron chi connectivity index (χ1n) is 12.0. The van der Waals surface area contributed by atoms with Crippen LogP contribution in [0.3, 0.4) is 0 Å². The molecule has 3 N–H and O–H groups in total. The number of hydrogen-bond acceptors (Lipinski definition) is 5. The first-order chi connectivity index (χ1) is 14.1. The molecule has 1 aromatic rings. The van der Waals surface area contributed by atoms with Gasteiger partial charge in [0.1, 0.15) is 12.1 Å². The van der Waals surface area contributed by atoms with E-state index in [1.807, 2.05) is 0 Å². The number of unbranched alkanes of at least 4 members (excludes halogenated alkanes) is 11. The van der Waals surface area contributed by atoms with Crippen molar-refractivity contribution in [3.63, 3.8) is 0 Å². The highest BCUT2D eigenvalue weighted by atomic mass is 16.3. The zero-order valence-corrected chi connectivity index (χ0v) is 18.8. The first kappa shape index (κ1) is 26.1. The van der Waals surface area contributed by atoms with Crippen molar-refractivity contribution in [3.05, 3.63) is 11.9 Å². The molecule has 3 atom stereocenters. The second-order valence-electron chi connectivity index (χ2n) is 8.43. The predicted molar refractivity (Wildman–Crippen MR) is 118 cm³/mol. The average Bonchev–Trinajstić information content (AvgIpc) is 3.17. The maximum atomic E-state index is 10.4. The van der Waals surface area contributed by atoms with Crippen LogP contribution in [-0.4, -0.2) is 49.1 Å². The Morgan fingerprint density at radius 3 is 1.90 bits per heavy atom. The largest absolute Gasteiger partial charge is 0.394 e. The van der Waals surface area contributed by atoms with Crippen molar-refractivity contribution in [3.8, 4) is 0 Å². The summed E-state index contributed by atoms with van der Waals surface area (Å²) in [5.74, 6) is 0. The zero-order valence-electron chi connectivity index (χ0n) is 18.8. The molecule has 0 aliphatic heterocycles. The molecule has 6 nitrogen and oxygen atoms in total. The van der Waals surface area contributed by atoms with Crippen molar-refractivity contribution in [2.24, 2.45) is 0 Å². The third-order valence-electron chi connectivity index (χ3n) is 5.73. The first-order valence-corrected chi connectivity index (χ1v) is 12.0. The van der Waals surface area contributed by atoms with E-state index in [1.165, 1.54) is 68.9 Å². The number of rotatable bonds is 19. The van der Waals surface area contributed by atoms with Gasteiger partial charge in [-0.25, -0.2) is 4.68 Å². The molecule has 0 saturated heterocycles. The van der Waals surface area contributed by atoms with Crippen LogP contribution in [0.2, 0.25) is 0 Å². The minimum absolute atomic E-state index is 0.272. The Hall–Kier alpha value is -0.980. The van der Waals surface area contributed by atoms with E-state index in [4.69, 9.17) is 0 Å². The monoisotopic (exact) mass is 411 g/mol. The lowest BCUT2D eigenvalue weighted by Gasteiger charge is -2.25. The molecule has 6 heteroatoms. The molecule has 0 aliphatic rings. The summed E-state index contributed by atoms with van der Waals surface area (Å²) in [6.07, 6.45) is 17.4. The van der Waals surface area contributed by atoms with Crippen LogP contribution in [0.4, 0.5) is 0 Å². The lowest BCUT2D eigenvalue weighted by atomic mass is 9.99. The molecule has 0 unspecified atom stereocenters. The van der Waals surface area contributed by atoms with Gasteiger partial charge < -0.3 is 15.3 Å². The Balaban J connectivity index is 2.12. The van der Waals surface area contributed by atoms with Crippen LogP contribution in [-0.2, 0) is 6.42 Å². The Kier molecular flexibility index (Phi) is 15.1. The van der Waals surface area contributed by atoms with Gasteiger partial charge in [-0.3, -0.25) is 0 Å². The van der Waals surface area contributed by atoms with Crippen LogP contribution in [0.15, 0.2) is 6.20 Å². The highest BCUT2D eigenvalue weighted by Gasteiger charge is 2.28. The summed E-state index contributed by atoms with van der Waals surface area (Å²) in [6, 6.07) is -0.652. The van der Waals surface area contributed by atoms with Crippen LogP contribution in [0.25, 0.3) is 0 Å². The second kappa shape index (κ2) is 16.8. The Morgan fingerprint density at radius 2 is 1.38 bits per heavy atom. The van der Waals surface area contributed by atoms with E-state index in [0.717, 1.165) is 31.4 Å². The van der Waals surface area contributed by atoms with Gasteiger partial charge in [0.2, 0.25) is 0 Å². The quantitative estimate of drug-likeness (QED) is 0.290. The summed E-state index contributed by atoms with van der Waals surface area (Å²) in [4.78, 5) is 0. The van der Waals surface area contributed by atoms with E-state index in [2.05, 4.69) is 24.2 Å². The molecular formula is C23H45N3O3. The van der Waals surface area contributed by atoms with Gasteiger partial charge in [-0.1, -0.05) is 103 Å². The van der Waals surface area contributed by atoms with E-state index in [9.17, 15) is 15.3 Å². The lowest BCUT2D eigenvalue weighted by molar-refractivity contribution is -0.0350. The summed E-state index contributed by atoms with van der Waals surface area (Å²) in [7, 11) is 0. The van der Waals surface area contributed by atoms with Gasteiger partial charge in [0.05, 0.1) is 18.4 Å². The van der Waals surface area contributed by atoms with E-state index in [-0.39, 0.29) is 6.61 Å². The van der Waals surface area contributed by atoms with E-state index in [0.29, 0.717) is 6.42 Å².